The number of aryl methyl sites for hydroxylation is 1. The van der Waals surface area contributed by atoms with E-state index in [1.54, 1.807) is 29.4 Å². The Morgan fingerprint density at radius 1 is 1.23 bits per heavy atom. The summed E-state index contributed by atoms with van der Waals surface area (Å²) in [6, 6.07) is 5.00. The van der Waals surface area contributed by atoms with E-state index in [2.05, 4.69) is 19.2 Å². The van der Waals surface area contributed by atoms with Crippen LogP contribution in [-0.4, -0.2) is 31.7 Å². The summed E-state index contributed by atoms with van der Waals surface area (Å²) in [5.74, 6) is 0.502. The zero-order valence-corrected chi connectivity index (χ0v) is 14.4. The lowest BCUT2D eigenvalue weighted by molar-refractivity contribution is -0.114. The highest BCUT2D eigenvalue weighted by molar-refractivity contribution is 7.89. The minimum Gasteiger partial charge on any atom is -0.326 e. The smallest absolute Gasteiger partial charge is 0.243 e. The molecule has 1 aliphatic heterocycles. The van der Waals surface area contributed by atoms with Gasteiger partial charge in [-0.2, -0.15) is 4.31 Å². The van der Waals surface area contributed by atoms with Crippen molar-refractivity contribution in [3.8, 4) is 0 Å². The van der Waals surface area contributed by atoms with Crippen molar-refractivity contribution in [2.45, 2.75) is 39.0 Å². The minimum atomic E-state index is -3.53. The van der Waals surface area contributed by atoms with Gasteiger partial charge in [0.25, 0.3) is 0 Å². The first-order valence-electron chi connectivity index (χ1n) is 7.58. The summed E-state index contributed by atoms with van der Waals surface area (Å²) in [4.78, 5) is 11.5. The first-order valence-corrected chi connectivity index (χ1v) is 9.02. The molecule has 6 heteroatoms. The van der Waals surface area contributed by atoms with Crippen LogP contribution in [0.4, 0.5) is 5.69 Å². The maximum atomic E-state index is 13.0. The van der Waals surface area contributed by atoms with Gasteiger partial charge in [0.1, 0.15) is 0 Å². The molecule has 2 atom stereocenters. The van der Waals surface area contributed by atoms with Crippen molar-refractivity contribution in [3.05, 3.63) is 23.8 Å². The van der Waals surface area contributed by atoms with Crippen molar-refractivity contribution >= 4 is 21.6 Å². The van der Waals surface area contributed by atoms with Gasteiger partial charge < -0.3 is 5.32 Å². The van der Waals surface area contributed by atoms with E-state index in [-0.39, 0.29) is 10.8 Å². The molecule has 0 radical (unpaired) electrons. The van der Waals surface area contributed by atoms with Gasteiger partial charge in [0.2, 0.25) is 15.9 Å². The SMILES string of the molecule is CC(=O)Nc1ccc(C)c(S(=O)(=O)N2CC(C)CC(C)C2)c1. The molecule has 0 spiro atoms. The van der Waals surface area contributed by atoms with E-state index in [1.807, 2.05) is 0 Å². The number of rotatable bonds is 3. The summed E-state index contributed by atoms with van der Waals surface area (Å²) in [7, 11) is -3.53. The second-order valence-corrected chi connectivity index (χ2v) is 8.34. The van der Waals surface area contributed by atoms with Crippen LogP contribution in [-0.2, 0) is 14.8 Å². The van der Waals surface area contributed by atoms with Gasteiger partial charge in [0.15, 0.2) is 0 Å². The zero-order chi connectivity index (χ0) is 16.5. The highest BCUT2D eigenvalue weighted by Crippen LogP contribution is 2.29. The number of benzene rings is 1. The van der Waals surface area contributed by atoms with Crippen LogP contribution in [0.25, 0.3) is 0 Å². The predicted octanol–water partition coefficient (Wildman–Crippen LogP) is 2.62. The van der Waals surface area contributed by atoms with Gasteiger partial charge in [0.05, 0.1) is 4.90 Å². The zero-order valence-electron chi connectivity index (χ0n) is 13.6. The molecule has 1 N–H and O–H groups in total. The van der Waals surface area contributed by atoms with Crippen molar-refractivity contribution in [1.82, 2.24) is 4.31 Å². The monoisotopic (exact) mass is 324 g/mol. The largest absolute Gasteiger partial charge is 0.326 e. The molecule has 0 aliphatic carbocycles. The number of hydrogen-bond acceptors (Lipinski definition) is 3. The van der Waals surface area contributed by atoms with Gasteiger partial charge in [-0.3, -0.25) is 4.79 Å². The van der Waals surface area contributed by atoms with Crippen molar-refractivity contribution in [3.63, 3.8) is 0 Å². The predicted molar refractivity (Wildman–Crippen MR) is 87.2 cm³/mol. The molecule has 0 aromatic heterocycles. The van der Waals surface area contributed by atoms with Gasteiger partial charge in [-0.05, 0) is 42.9 Å². The fraction of sp³-hybridized carbons (Fsp3) is 0.562. The Kier molecular flexibility index (Phi) is 4.92. The molecule has 5 nitrogen and oxygen atoms in total. The first-order chi connectivity index (χ1) is 10.2. The Hall–Kier alpha value is -1.40. The summed E-state index contributed by atoms with van der Waals surface area (Å²) >= 11 is 0. The number of anilines is 1. The lowest BCUT2D eigenvalue weighted by atomic mass is 9.94. The van der Waals surface area contributed by atoms with Crippen molar-refractivity contribution < 1.29 is 13.2 Å². The topological polar surface area (TPSA) is 66.5 Å². The molecule has 1 aromatic rings. The summed E-state index contributed by atoms with van der Waals surface area (Å²) < 4.78 is 27.5. The Labute approximate surface area is 132 Å². The Bertz CT molecular complexity index is 660. The van der Waals surface area contributed by atoms with Crippen LogP contribution >= 0.6 is 0 Å². The number of nitrogens with one attached hydrogen (secondary N) is 1. The number of hydrogen-bond donors (Lipinski definition) is 1. The Morgan fingerprint density at radius 2 is 1.82 bits per heavy atom. The standard InChI is InChI=1S/C16H24N2O3S/c1-11-7-12(2)10-18(9-11)22(20,21)16-8-15(17-14(4)19)6-5-13(16)3/h5-6,8,11-12H,7,9-10H2,1-4H3,(H,17,19). The molecule has 1 amide bonds. The first kappa shape index (κ1) is 17.0. The molecule has 22 heavy (non-hydrogen) atoms. The van der Waals surface area contributed by atoms with Gasteiger partial charge in [-0.15, -0.1) is 0 Å². The van der Waals surface area contributed by atoms with E-state index in [0.717, 1.165) is 6.42 Å². The van der Waals surface area contributed by atoms with Crippen LogP contribution < -0.4 is 5.32 Å². The van der Waals surface area contributed by atoms with E-state index in [4.69, 9.17) is 0 Å². The summed E-state index contributed by atoms with van der Waals surface area (Å²) in [6.07, 6.45) is 1.05. The van der Waals surface area contributed by atoms with Gasteiger partial charge in [-0.1, -0.05) is 19.9 Å². The number of sulfonamides is 1. The average molecular weight is 324 g/mol. The molecule has 0 saturated carbocycles. The van der Waals surface area contributed by atoms with E-state index < -0.39 is 10.0 Å². The highest BCUT2D eigenvalue weighted by Gasteiger charge is 2.32. The number of piperidine rings is 1. The summed E-state index contributed by atoms with van der Waals surface area (Å²) in [5.41, 5.74) is 1.20. The third-order valence-electron chi connectivity index (χ3n) is 3.96. The fourth-order valence-corrected chi connectivity index (χ4v) is 5.03. The number of nitrogens with zero attached hydrogens (tertiary/aromatic N) is 1. The van der Waals surface area contributed by atoms with Crippen molar-refractivity contribution in [1.29, 1.82) is 0 Å². The molecule has 2 rings (SSSR count). The third-order valence-corrected chi connectivity index (χ3v) is 5.94. The molecular formula is C16H24N2O3S. The summed E-state index contributed by atoms with van der Waals surface area (Å²) in [6.45, 7) is 8.45. The van der Waals surface area contributed by atoms with Crippen molar-refractivity contribution in [2.75, 3.05) is 18.4 Å². The number of amides is 1. The second-order valence-electron chi connectivity index (χ2n) is 6.43. The van der Waals surface area contributed by atoms with Crippen LogP contribution in [0.1, 0.15) is 32.8 Å². The fourth-order valence-electron chi connectivity index (χ4n) is 3.10. The molecule has 2 unspecified atom stereocenters. The maximum Gasteiger partial charge on any atom is 0.243 e. The van der Waals surface area contributed by atoms with E-state index >= 15 is 0 Å². The molecule has 1 fully saturated rings. The average Bonchev–Trinajstić information content (AvgIpc) is 2.39. The molecule has 1 aliphatic rings. The molecule has 0 bridgehead atoms. The third kappa shape index (κ3) is 3.67. The Balaban J connectivity index is 2.38. The van der Waals surface area contributed by atoms with Crippen LogP contribution in [0.15, 0.2) is 23.1 Å². The lowest BCUT2D eigenvalue weighted by Crippen LogP contribution is -2.42. The van der Waals surface area contributed by atoms with E-state index in [0.29, 0.717) is 36.2 Å². The Morgan fingerprint density at radius 3 is 2.36 bits per heavy atom. The lowest BCUT2D eigenvalue weighted by Gasteiger charge is -2.34. The van der Waals surface area contributed by atoms with Crippen LogP contribution in [0.2, 0.25) is 0 Å². The molecule has 122 valence electrons. The number of carbonyl (C=O) groups excluding carboxylic acids is 1. The normalized spacial score (nSPS) is 23.3. The van der Waals surface area contributed by atoms with Crippen molar-refractivity contribution in [2.24, 2.45) is 11.8 Å². The quantitative estimate of drug-likeness (QED) is 0.929. The van der Waals surface area contributed by atoms with Gasteiger partial charge >= 0.3 is 0 Å². The van der Waals surface area contributed by atoms with E-state index in [9.17, 15) is 13.2 Å². The highest BCUT2D eigenvalue weighted by atomic mass is 32.2. The summed E-state index contributed by atoms with van der Waals surface area (Å²) in [5, 5.41) is 2.64. The minimum absolute atomic E-state index is 0.215. The molecule has 1 heterocycles. The number of carbonyl (C=O) groups is 1. The second kappa shape index (κ2) is 6.38. The molecule has 1 aromatic carbocycles. The van der Waals surface area contributed by atoms with Gasteiger partial charge in [-0.25, -0.2) is 8.42 Å². The molecular weight excluding hydrogens is 300 g/mol. The van der Waals surface area contributed by atoms with E-state index in [1.165, 1.54) is 6.92 Å². The maximum absolute atomic E-state index is 13.0. The van der Waals surface area contributed by atoms with Crippen LogP contribution in [0.5, 0.6) is 0 Å². The van der Waals surface area contributed by atoms with Crippen LogP contribution in [0.3, 0.4) is 0 Å². The van der Waals surface area contributed by atoms with Crippen LogP contribution in [0, 0.1) is 18.8 Å². The van der Waals surface area contributed by atoms with Gasteiger partial charge in [0, 0.05) is 25.7 Å². The molecule has 1 saturated heterocycles.